The molecular formula is C12H16ClNO. The smallest absolute Gasteiger partial charge is 0.120 e. The van der Waals surface area contributed by atoms with Crippen LogP contribution in [0.3, 0.4) is 0 Å². The van der Waals surface area contributed by atoms with Gasteiger partial charge in [-0.25, -0.2) is 0 Å². The fourth-order valence-electron chi connectivity index (χ4n) is 2.04. The van der Waals surface area contributed by atoms with Crippen LogP contribution >= 0.6 is 11.6 Å². The van der Waals surface area contributed by atoms with Crippen molar-refractivity contribution in [1.82, 2.24) is 5.32 Å². The summed E-state index contributed by atoms with van der Waals surface area (Å²) >= 11 is 6.04. The van der Waals surface area contributed by atoms with Gasteiger partial charge in [0.05, 0.1) is 7.11 Å². The lowest BCUT2D eigenvalue weighted by Crippen LogP contribution is -2.26. The van der Waals surface area contributed by atoms with Gasteiger partial charge in [0.15, 0.2) is 0 Å². The molecule has 0 unspecified atom stereocenters. The van der Waals surface area contributed by atoms with Gasteiger partial charge in [-0.05, 0) is 43.1 Å². The maximum absolute atomic E-state index is 6.04. The van der Waals surface area contributed by atoms with E-state index in [9.17, 15) is 0 Å². The van der Waals surface area contributed by atoms with Gasteiger partial charge in [0.1, 0.15) is 5.75 Å². The number of rotatable bonds is 2. The van der Waals surface area contributed by atoms with Crippen molar-refractivity contribution in [2.24, 2.45) is 0 Å². The van der Waals surface area contributed by atoms with Crippen molar-refractivity contribution in [3.05, 3.63) is 28.8 Å². The Hall–Kier alpha value is -0.730. The maximum Gasteiger partial charge on any atom is 0.120 e. The van der Waals surface area contributed by atoms with Gasteiger partial charge in [0, 0.05) is 11.1 Å². The van der Waals surface area contributed by atoms with Crippen LogP contribution in [0.5, 0.6) is 5.75 Å². The molecule has 1 heterocycles. The Morgan fingerprint density at radius 3 is 2.87 bits per heavy atom. The fourth-order valence-corrected chi connectivity index (χ4v) is 2.27. The molecule has 0 radical (unpaired) electrons. The average Bonchev–Trinajstić information content (AvgIpc) is 2.29. The molecule has 2 nitrogen and oxygen atoms in total. The zero-order valence-electron chi connectivity index (χ0n) is 8.92. The lowest BCUT2D eigenvalue weighted by molar-refractivity contribution is 0.400. The first-order chi connectivity index (χ1) is 7.29. The lowest BCUT2D eigenvalue weighted by Gasteiger charge is -2.24. The Morgan fingerprint density at radius 1 is 1.33 bits per heavy atom. The number of piperidine rings is 1. The number of nitrogens with one attached hydrogen (secondary N) is 1. The third-order valence-corrected chi connectivity index (χ3v) is 3.06. The van der Waals surface area contributed by atoms with Gasteiger partial charge >= 0.3 is 0 Å². The summed E-state index contributed by atoms with van der Waals surface area (Å²) < 4.78 is 5.21. The Balaban J connectivity index is 2.22. The number of hydrogen-bond acceptors (Lipinski definition) is 2. The van der Waals surface area contributed by atoms with Gasteiger partial charge in [-0.2, -0.15) is 0 Å². The summed E-state index contributed by atoms with van der Waals surface area (Å²) in [4.78, 5) is 0. The minimum Gasteiger partial charge on any atom is -0.497 e. The van der Waals surface area contributed by atoms with Crippen LogP contribution in [-0.2, 0) is 0 Å². The van der Waals surface area contributed by atoms with Crippen molar-refractivity contribution in [3.8, 4) is 5.75 Å². The molecule has 0 spiro atoms. The Morgan fingerprint density at radius 2 is 2.20 bits per heavy atom. The summed E-state index contributed by atoms with van der Waals surface area (Å²) in [6.07, 6.45) is 3.74. The van der Waals surface area contributed by atoms with Crippen molar-refractivity contribution in [1.29, 1.82) is 0 Å². The molecule has 82 valence electrons. The Labute approximate surface area is 95.6 Å². The third kappa shape index (κ3) is 2.64. The normalized spacial score (nSPS) is 21.3. The predicted octanol–water partition coefficient (Wildman–Crippen LogP) is 3.16. The van der Waals surface area contributed by atoms with E-state index in [4.69, 9.17) is 16.3 Å². The standard InChI is InChI=1S/C12H16ClNO/c1-15-11-7-9(6-10(13)8-11)12-4-2-3-5-14-12/h6-8,12,14H,2-5H2,1H3/t12-/m0/s1. The van der Waals surface area contributed by atoms with E-state index in [-0.39, 0.29) is 0 Å². The molecule has 3 heteroatoms. The van der Waals surface area contributed by atoms with Crippen molar-refractivity contribution in [2.45, 2.75) is 25.3 Å². The van der Waals surface area contributed by atoms with Gasteiger partial charge in [-0.3, -0.25) is 0 Å². The molecule has 1 N–H and O–H groups in total. The highest BCUT2D eigenvalue weighted by Gasteiger charge is 2.15. The van der Waals surface area contributed by atoms with Gasteiger partial charge in [0.25, 0.3) is 0 Å². The number of benzene rings is 1. The molecule has 1 atom stereocenters. The summed E-state index contributed by atoms with van der Waals surface area (Å²) in [7, 11) is 1.67. The first-order valence-corrected chi connectivity index (χ1v) is 5.75. The van der Waals surface area contributed by atoms with Gasteiger partial charge < -0.3 is 10.1 Å². The second-order valence-electron chi connectivity index (χ2n) is 3.93. The van der Waals surface area contributed by atoms with E-state index in [0.717, 1.165) is 17.3 Å². The van der Waals surface area contributed by atoms with Crippen LogP contribution in [0.1, 0.15) is 30.9 Å². The average molecular weight is 226 g/mol. The quantitative estimate of drug-likeness (QED) is 0.835. The molecule has 0 bridgehead atoms. The summed E-state index contributed by atoms with van der Waals surface area (Å²) in [6, 6.07) is 6.36. The Kier molecular flexibility index (Phi) is 3.49. The van der Waals surface area contributed by atoms with Crippen LogP contribution in [0.2, 0.25) is 5.02 Å². The van der Waals surface area contributed by atoms with E-state index in [1.165, 1.54) is 24.8 Å². The van der Waals surface area contributed by atoms with Crippen LogP contribution < -0.4 is 10.1 Å². The summed E-state index contributed by atoms with van der Waals surface area (Å²) in [5, 5.41) is 4.25. The molecule has 1 aliphatic rings. The van der Waals surface area contributed by atoms with Crippen LogP contribution in [0.15, 0.2) is 18.2 Å². The lowest BCUT2D eigenvalue weighted by atomic mass is 9.97. The predicted molar refractivity (Wildman–Crippen MR) is 62.6 cm³/mol. The number of methoxy groups -OCH3 is 1. The van der Waals surface area contributed by atoms with Crippen LogP contribution in [0.4, 0.5) is 0 Å². The van der Waals surface area contributed by atoms with E-state index < -0.39 is 0 Å². The largest absolute Gasteiger partial charge is 0.497 e. The van der Waals surface area contributed by atoms with Gasteiger partial charge in [0.2, 0.25) is 0 Å². The highest BCUT2D eigenvalue weighted by molar-refractivity contribution is 6.30. The third-order valence-electron chi connectivity index (χ3n) is 2.84. The molecule has 1 saturated heterocycles. The molecule has 1 aromatic rings. The van der Waals surface area contributed by atoms with E-state index in [1.54, 1.807) is 7.11 Å². The maximum atomic E-state index is 6.04. The molecule has 0 saturated carbocycles. The van der Waals surface area contributed by atoms with Crippen molar-refractivity contribution in [2.75, 3.05) is 13.7 Å². The SMILES string of the molecule is COc1cc(Cl)cc([C@@H]2CCCCN2)c1. The molecule has 1 aliphatic heterocycles. The van der Waals surface area contributed by atoms with Crippen molar-refractivity contribution >= 4 is 11.6 Å². The molecule has 1 aromatic carbocycles. The number of hydrogen-bond donors (Lipinski definition) is 1. The first kappa shape index (κ1) is 10.8. The topological polar surface area (TPSA) is 21.3 Å². The monoisotopic (exact) mass is 225 g/mol. The number of halogens is 1. The second kappa shape index (κ2) is 4.86. The highest BCUT2D eigenvalue weighted by atomic mass is 35.5. The minimum atomic E-state index is 0.436. The zero-order chi connectivity index (χ0) is 10.7. The molecule has 0 aromatic heterocycles. The molecule has 1 fully saturated rings. The first-order valence-electron chi connectivity index (χ1n) is 5.37. The van der Waals surface area contributed by atoms with Gasteiger partial charge in [-0.15, -0.1) is 0 Å². The Bertz CT molecular complexity index is 334. The van der Waals surface area contributed by atoms with E-state index >= 15 is 0 Å². The van der Waals surface area contributed by atoms with E-state index in [2.05, 4.69) is 11.4 Å². The van der Waals surface area contributed by atoms with Crippen LogP contribution in [0, 0.1) is 0 Å². The molecule has 2 rings (SSSR count). The van der Waals surface area contributed by atoms with Gasteiger partial charge in [-0.1, -0.05) is 18.0 Å². The van der Waals surface area contributed by atoms with Crippen molar-refractivity contribution < 1.29 is 4.74 Å². The minimum absolute atomic E-state index is 0.436. The second-order valence-corrected chi connectivity index (χ2v) is 4.36. The molecule has 0 amide bonds. The van der Waals surface area contributed by atoms with E-state index in [1.807, 2.05) is 12.1 Å². The zero-order valence-corrected chi connectivity index (χ0v) is 9.68. The molecule has 15 heavy (non-hydrogen) atoms. The molecule has 0 aliphatic carbocycles. The van der Waals surface area contributed by atoms with E-state index in [0.29, 0.717) is 6.04 Å². The van der Waals surface area contributed by atoms with Crippen LogP contribution in [-0.4, -0.2) is 13.7 Å². The summed E-state index contributed by atoms with van der Waals surface area (Å²) in [5.74, 6) is 0.838. The fraction of sp³-hybridized carbons (Fsp3) is 0.500. The molecular weight excluding hydrogens is 210 g/mol. The number of ether oxygens (including phenoxy) is 1. The highest BCUT2D eigenvalue weighted by Crippen LogP contribution is 2.29. The summed E-state index contributed by atoms with van der Waals surface area (Å²) in [5.41, 5.74) is 1.24. The van der Waals surface area contributed by atoms with Crippen molar-refractivity contribution in [3.63, 3.8) is 0 Å². The summed E-state index contributed by atoms with van der Waals surface area (Å²) in [6.45, 7) is 1.10. The van der Waals surface area contributed by atoms with Crippen LogP contribution in [0.25, 0.3) is 0 Å².